The zero-order chi connectivity index (χ0) is 20.1. The number of aromatic nitrogens is 4. The Balaban J connectivity index is 1.65. The molecule has 5 rings (SSSR count). The minimum Gasteiger partial charge on any atom is -0.311 e. The van der Waals surface area contributed by atoms with Crippen molar-refractivity contribution in [3.05, 3.63) is 65.1 Å². The van der Waals surface area contributed by atoms with Gasteiger partial charge in [-0.15, -0.1) is 0 Å². The van der Waals surface area contributed by atoms with Crippen LogP contribution in [0.1, 0.15) is 39.2 Å². The molecule has 1 fully saturated rings. The van der Waals surface area contributed by atoms with Crippen LogP contribution in [0, 0.1) is 17.7 Å². The van der Waals surface area contributed by atoms with E-state index in [1.165, 1.54) is 18.6 Å². The fourth-order valence-electron chi connectivity index (χ4n) is 4.67. The Morgan fingerprint density at radius 3 is 2.66 bits per heavy atom. The molecule has 1 saturated carbocycles. The molecule has 29 heavy (non-hydrogen) atoms. The number of benzene rings is 1. The number of hydrogen-bond acceptors (Lipinski definition) is 3. The summed E-state index contributed by atoms with van der Waals surface area (Å²) in [5, 5.41) is 5.04. The number of fused-ring (bicyclic) bond motifs is 3. The summed E-state index contributed by atoms with van der Waals surface area (Å²) in [5.74, 6) is 0.794. The van der Waals surface area contributed by atoms with E-state index < -0.39 is 0 Å². The van der Waals surface area contributed by atoms with Gasteiger partial charge in [0.25, 0.3) is 5.56 Å². The number of nitrogens with zero attached hydrogens (tertiary/aromatic N) is 4. The van der Waals surface area contributed by atoms with Crippen molar-refractivity contribution in [2.75, 3.05) is 0 Å². The maximum Gasteiger partial charge on any atom is 0.261 e. The van der Waals surface area contributed by atoms with Crippen molar-refractivity contribution in [1.82, 2.24) is 19.2 Å². The van der Waals surface area contributed by atoms with Crippen LogP contribution in [0.3, 0.4) is 0 Å². The molecular formula is C23H23FN4O. The summed E-state index contributed by atoms with van der Waals surface area (Å²) >= 11 is 0. The van der Waals surface area contributed by atoms with Gasteiger partial charge in [-0.05, 0) is 42.0 Å². The lowest BCUT2D eigenvalue weighted by Crippen LogP contribution is -2.33. The van der Waals surface area contributed by atoms with Crippen molar-refractivity contribution in [3.63, 3.8) is 0 Å². The van der Waals surface area contributed by atoms with Crippen molar-refractivity contribution in [2.24, 2.45) is 11.8 Å². The predicted octanol–water partition coefficient (Wildman–Crippen LogP) is 4.85. The van der Waals surface area contributed by atoms with Crippen molar-refractivity contribution < 1.29 is 4.39 Å². The zero-order valence-electron chi connectivity index (χ0n) is 16.5. The average molecular weight is 390 g/mol. The Bertz CT molecular complexity index is 1260. The molecular weight excluding hydrogens is 367 g/mol. The molecule has 5 nitrogen and oxygen atoms in total. The lowest BCUT2D eigenvalue weighted by molar-refractivity contribution is 0.183. The fraction of sp³-hybridized carbons (Fsp3) is 0.348. The highest BCUT2D eigenvalue weighted by molar-refractivity contribution is 5.85. The van der Waals surface area contributed by atoms with Gasteiger partial charge in [0, 0.05) is 24.0 Å². The lowest BCUT2D eigenvalue weighted by Gasteiger charge is -2.35. The van der Waals surface area contributed by atoms with Gasteiger partial charge in [-0.3, -0.25) is 4.79 Å². The zero-order valence-corrected chi connectivity index (χ0v) is 16.5. The Labute approximate surface area is 167 Å². The number of hydrogen-bond donors (Lipinski definition) is 0. The summed E-state index contributed by atoms with van der Waals surface area (Å²) in [7, 11) is 0. The van der Waals surface area contributed by atoms with Crippen LogP contribution < -0.4 is 5.56 Å². The largest absolute Gasteiger partial charge is 0.311 e. The van der Waals surface area contributed by atoms with Gasteiger partial charge in [0.15, 0.2) is 5.65 Å². The van der Waals surface area contributed by atoms with E-state index >= 15 is 0 Å². The minimum atomic E-state index is -0.282. The molecule has 1 aromatic carbocycles. The normalized spacial score (nSPS) is 22.4. The lowest BCUT2D eigenvalue weighted by atomic mass is 9.78. The van der Waals surface area contributed by atoms with Crippen molar-refractivity contribution in [1.29, 1.82) is 0 Å². The summed E-state index contributed by atoms with van der Waals surface area (Å²) in [4.78, 5) is 17.8. The molecule has 0 radical (unpaired) electrons. The van der Waals surface area contributed by atoms with Crippen LogP contribution in [0.2, 0.25) is 0 Å². The van der Waals surface area contributed by atoms with Crippen LogP contribution in [0.15, 0.2) is 53.7 Å². The van der Waals surface area contributed by atoms with E-state index in [0.29, 0.717) is 22.9 Å². The van der Waals surface area contributed by atoms with Crippen molar-refractivity contribution in [3.8, 4) is 11.1 Å². The molecule has 148 valence electrons. The second-order valence-corrected chi connectivity index (χ2v) is 8.22. The first-order valence-electron chi connectivity index (χ1n) is 10.2. The molecule has 0 amide bonds. The van der Waals surface area contributed by atoms with Crippen molar-refractivity contribution in [2.45, 2.75) is 39.2 Å². The predicted molar refractivity (Wildman–Crippen MR) is 111 cm³/mol. The van der Waals surface area contributed by atoms with E-state index in [1.54, 1.807) is 29.0 Å². The number of halogens is 1. The summed E-state index contributed by atoms with van der Waals surface area (Å²) in [6, 6.07) is 8.44. The Hall–Kier alpha value is -3.02. The molecule has 1 aliphatic rings. The second kappa shape index (κ2) is 6.79. The van der Waals surface area contributed by atoms with Gasteiger partial charge in [-0.25, -0.2) is 13.9 Å². The molecule has 0 N–H and O–H groups in total. The molecule has 0 aliphatic heterocycles. The molecule has 4 aromatic rings. The number of rotatable bonds is 2. The van der Waals surface area contributed by atoms with Gasteiger partial charge in [-0.2, -0.15) is 5.10 Å². The van der Waals surface area contributed by atoms with Crippen LogP contribution in [0.5, 0.6) is 0 Å². The third-order valence-electron chi connectivity index (χ3n) is 6.60. The van der Waals surface area contributed by atoms with Crippen LogP contribution in [0.4, 0.5) is 4.39 Å². The SMILES string of the molecule is C[C@@H]1[C@H](C)CCC[C@H]1n1ccc2c(cnc3c(-c4ccc(F)cc4)cnn32)c1=O. The maximum atomic E-state index is 13.3. The van der Waals surface area contributed by atoms with Crippen LogP contribution >= 0.6 is 0 Å². The standard InChI is InChI=1S/C23H23FN4O/c1-14-4-3-5-20(15(14)2)27-11-10-21-19(23(27)29)12-25-22-18(13-26-28(21)22)16-6-8-17(24)9-7-16/h6-15,20H,3-5H2,1-2H3/t14-,15-,20-/m1/s1. The van der Waals surface area contributed by atoms with E-state index in [9.17, 15) is 9.18 Å². The van der Waals surface area contributed by atoms with E-state index in [4.69, 9.17) is 0 Å². The highest BCUT2D eigenvalue weighted by atomic mass is 19.1. The molecule has 0 saturated heterocycles. The summed E-state index contributed by atoms with van der Waals surface area (Å²) in [5.41, 5.74) is 3.03. The molecule has 0 spiro atoms. The van der Waals surface area contributed by atoms with Crippen molar-refractivity contribution >= 4 is 16.6 Å². The highest BCUT2D eigenvalue weighted by Gasteiger charge is 2.29. The summed E-state index contributed by atoms with van der Waals surface area (Å²) < 4.78 is 16.9. The molecule has 0 bridgehead atoms. The Morgan fingerprint density at radius 1 is 1.07 bits per heavy atom. The molecule has 1 aliphatic carbocycles. The summed E-state index contributed by atoms with van der Waals surface area (Å²) in [6.45, 7) is 4.52. The molecule has 3 atom stereocenters. The Kier molecular flexibility index (Phi) is 4.23. The Morgan fingerprint density at radius 2 is 1.86 bits per heavy atom. The highest BCUT2D eigenvalue weighted by Crippen LogP contribution is 2.37. The van der Waals surface area contributed by atoms with Gasteiger partial charge in [0.05, 0.1) is 17.1 Å². The third-order valence-corrected chi connectivity index (χ3v) is 6.60. The smallest absolute Gasteiger partial charge is 0.261 e. The first-order valence-corrected chi connectivity index (χ1v) is 10.2. The monoisotopic (exact) mass is 390 g/mol. The molecule has 0 unspecified atom stereocenters. The average Bonchev–Trinajstić information content (AvgIpc) is 3.16. The van der Waals surface area contributed by atoms with Gasteiger partial charge < -0.3 is 4.57 Å². The third kappa shape index (κ3) is 2.85. The first kappa shape index (κ1) is 18.0. The molecule has 6 heteroatoms. The van der Waals surface area contributed by atoms with E-state index in [2.05, 4.69) is 23.9 Å². The topological polar surface area (TPSA) is 52.2 Å². The van der Waals surface area contributed by atoms with E-state index in [1.807, 2.05) is 16.8 Å². The number of pyridine rings is 1. The molecule has 3 heterocycles. The van der Waals surface area contributed by atoms with Gasteiger partial charge in [0.1, 0.15) is 5.82 Å². The second-order valence-electron chi connectivity index (χ2n) is 8.22. The fourth-order valence-corrected chi connectivity index (χ4v) is 4.67. The van der Waals surface area contributed by atoms with Crippen LogP contribution in [-0.2, 0) is 0 Å². The first-order chi connectivity index (χ1) is 14.0. The van der Waals surface area contributed by atoms with Crippen LogP contribution in [0.25, 0.3) is 27.7 Å². The van der Waals surface area contributed by atoms with Gasteiger partial charge >= 0.3 is 0 Å². The molecule has 3 aromatic heterocycles. The minimum absolute atomic E-state index is 0.0123. The van der Waals surface area contributed by atoms with E-state index in [0.717, 1.165) is 29.5 Å². The van der Waals surface area contributed by atoms with Crippen LogP contribution in [-0.4, -0.2) is 19.2 Å². The summed E-state index contributed by atoms with van der Waals surface area (Å²) in [6.07, 6.45) is 8.67. The van der Waals surface area contributed by atoms with E-state index in [-0.39, 0.29) is 17.4 Å². The maximum absolute atomic E-state index is 13.3. The van der Waals surface area contributed by atoms with Gasteiger partial charge in [0.2, 0.25) is 0 Å². The quantitative estimate of drug-likeness (QED) is 0.492. The van der Waals surface area contributed by atoms with Gasteiger partial charge in [-0.1, -0.05) is 38.8 Å².